The van der Waals surface area contributed by atoms with Gasteiger partial charge in [-0.3, -0.25) is 0 Å². The van der Waals surface area contributed by atoms with Gasteiger partial charge in [0.15, 0.2) is 0 Å². The molecule has 0 aliphatic carbocycles. The molecule has 4 heteroatoms. The Labute approximate surface area is 140 Å². The fourth-order valence-corrected chi connectivity index (χ4v) is 2.60. The summed E-state index contributed by atoms with van der Waals surface area (Å²) >= 11 is 0. The van der Waals surface area contributed by atoms with E-state index in [1.807, 2.05) is 12.3 Å². The number of allylic oxidation sites excluding steroid dienone is 2. The van der Waals surface area contributed by atoms with Crippen molar-refractivity contribution in [1.29, 1.82) is 5.26 Å². The monoisotopic (exact) mass is 318 g/mol. The summed E-state index contributed by atoms with van der Waals surface area (Å²) in [6, 6.07) is 1.93. The lowest BCUT2D eigenvalue weighted by molar-refractivity contribution is -0.138. The van der Waals surface area contributed by atoms with Gasteiger partial charge in [0.25, 0.3) is 0 Å². The Morgan fingerprint density at radius 1 is 1.13 bits per heavy atom. The number of unbranched alkanes of at least 4 members (excludes halogenated alkanes) is 5. The molecular formula is C19H30N2O2. The van der Waals surface area contributed by atoms with E-state index in [-0.39, 0.29) is 5.57 Å². The van der Waals surface area contributed by atoms with Gasteiger partial charge >= 0.3 is 5.97 Å². The van der Waals surface area contributed by atoms with Gasteiger partial charge in [-0.1, -0.05) is 39.0 Å². The summed E-state index contributed by atoms with van der Waals surface area (Å²) in [5, 5.41) is 9.07. The Morgan fingerprint density at radius 3 is 2.52 bits per heavy atom. The number of likely N-dealkylation sites (tertiary alicyclic amines) is 1. The molecule has 0 unspecified atom stereocenters. The second kappa shape index (κ2) is 12.8. The average molecular weight is 318 g/mol. The van der Waals surface area contributed by atoms with Gasteiger partial charge in [0.05, 0.1) is 6.61 Å². The highest BCUT2D eigenvalue weighted by Crippen LogP contribution is 2.09. The maximum absolute atomic E-state index is 11.8. The van der Waals surface area contributed by atoms with Crippen LogP contribution in [0, 0.1) is 11.3 Å². The van der Waals surface area contributed by atoms with E-state index < -0.39 is 5.97 Å². The SMILES string of the molecule is CCCCCCCCOC(=O)/C(C#N)=C/C=C/N1CCCCC1. The zero-order chi connectivity index (χ0) is 16.8. The minimum Gasteiger partial charge on any atom is -0.462 e. The number of piperidine rings is 1. The molecular weight excluding hydrogens is 288 g/mol. The van der Waals surface area contributed by atoms with E-state index in [1.54, 1.807) is 12.2 Å². The molecule has 0 aromatic heterocycles. The molecule has 128 valence electrons. The third-order valence-corrected chi connectivity index (χ3v) is 4.02. The standard InChI is InChI=1S/C19H30N2O2/c1-2-3-4-5-6-10-16-23-19(22)18(17-20)12-11-15-21-13-8-7-9-14-21/h11-12,15H,2-10,13-14,16H2,1H3/b15-11+,18-12+. The van der Waals surface area contributed by atoms with Crippen LogP contribution in [0.15, 0.2) is 23.9 Å². The molecule has 0 saturated carbocycles. The molecule has 0 N–H and O–H groups in total. The maximum atomic E-state index is 11.8. The molecule has 1 fully saturated rings. The van der Waals surface area contributed by atoms with Gasteiger partial charge in [-0.25, -0.2) is 4.79 Å². The van der Waals surface area contributed by atoms with Gasteiger partial charge in [-0.05, 0) is 44.0 Å². The van der Waals surface area contributed by atoms with Crippen LogP contribution in [0.25, 0.3) is 0 Å². The van der Waals surface area contributed by atoms with Gasteiger partial charge in [0.1, 0.15) is 11.6 Å². The van der Waals surface area contributed by atoms with Crippen molar-refractivity contribution in [3.63, 3.8) is 0 Å². The van der Waals surface area contributed by atoms with Gasteiger partial charge in [0.2, 0.25) is 0 Å². The van der Waals surface area contributed by atoms with E-state index in [0.29, 0.717) is 6.61 Å². The molecule has 1 rings (SSSR count). The lowest BCUT2D eigenvalue weighted by Crippen LogP contribution is -2.23. The molecule has 0 atom stereocenters. The second-order valence-corrected chi connectivity index (χ2v) is 6.03. The third kappa shape index (κ3) is 9.07. The summed E-state index contributed by atoms with van der Waals surface area (Å²) in [6.07, 6.45) is 15.9. The summed E-state index contributed by atoms with van der Waals surface area (Å²) in [5.41, 5.74) is 0.0734. The van der Waals surface area contributed by atoms with Crippen molar-refractivity contribution in [2.24, 2.45) is 0 Å². The zero-order valence-electron chi connectivity index (χ0n) is 14.4. The molecule has 1 saturated heterocycles. The lowest BCUT2D eigenvalue weighted by Gasteiger charge is -2.24. The molecule has 0 amide bonds. The topological polar surface area (TPSA) is 53.3 Å². The average Bonchev–Trinajstić information content (AvgIpc) is 2.58. The van der Waals surface area contributed by atoms with Crippen LogP contribution in [0.4, 0.5) is 0 Å². The number of hydrogen-bond donors (Lipinski definition) is 0. The van der Waals surface area contributed by atoms with Crippen LogP contribution < -0.4 is 0 Å². The smallest absolute Gasteiger partial charge is 0.348 e. The third-order valence-electron chi connectivity index (χ3n) is 4.02. The molecule has 4 nitrogen and oxygen atoms in total. The highest BCUT2D eigenvalue weighted by atomic mass is 16.5. The first-order valence-electron chi connectivity index (χ1n) is 8.97. The summed E-state index contributed by atoms with van der Waals surface area (Å²) in [5.74, 6) is -0.510. The number of carbonyl (C=O) groups is 1. The molecule has 23 heavy (non-hydrogen) atoms. The Hall–Kier alpha value is -1.76. The van der Waals surface area contributed by atoms with Crippen molar-refractivity contribution >= 4 is 5.97 Å². The molecule has 1 aliphatic rings. The van der Waals surface area contributed by atoms with Gasteiger partial charge < -0.3 is 9.64 Å². The van der Waals surface area contributed by atoms with Crippen molar-refractivity contribution in [1.82, 2.24) is 4.90 Å². The second-order valence-electron chi connectivity index (χ2n) is 6.03. The van der Waals surface area contributed by atoms with Gasteiger partial charge in [0, 0.05) is 13.1 Å². The van der Waals surface area contributed by atoms with Crippen LogP contribution in [-0.2, 0) is 9.53 Å². The molecule has 0 spiro atoms. The molecule has 1 heterocycles. The number of carbonyl (C=O) groups excluding carboxylic acids is 1. The Kier molecular flexibility index (Phi) is 10.7. The van der Waals surface area contributed by atoms with Crippen molar-refractivity contribution in [3.8, 4) is 6.07 Å². The highest BCUT2D eigenvalue weighted by molar-refractivity contribution is 5.93. The largest absolute Gasteiger partial charge is 0.462 e. The predicted octanol–water partition coefficient (Wildman–Crippen LogP) is 4.34. The normalized spacial score (nSPS) is 15.7. The van der Waals surface area contributed by atoms with Crippen molar-refractivity contribution < 1.29 is 9.53 Å². The van der Waals surface area contributed by atoms with E-state index in [1.165, 1.54) is 44.9 Å². The summed E-state index contributed by atoms with van der Waals surface area (Å²) in [6.45, 7) is 4.69. The minimum absolute atomic E-state index is 0.0734. The Balaban J connectivity index is 2.24. The molecule has 0 bridgehead atoms. The van der Waals surface area contributed by atoms with Crippen LogP contribution in [0.3, 0.4) is 0 Å². The first-order valence-corrected chi connectivity index (χ1v) is 8.97. The quantitative estimate of drug-likeness (QED) is 0.198. The van der Waals surface area contributed by atoms with Gasteiger partial charge in [-0.2, -0.15) is 5.26 Å². The number of esters is 1. The summed E-state index contributed by atoms with van der Waals surface area (Å²) in [4.78, 5) is 14.0. The molecule has 0 aromatic carbocycles. The van der Waals surface area contributed by atoms with Crippen LogP contribution in [0.5, 0.6) is 0 Å². The number of ether oxygens (including phenoxy) is 1. The van der Waals surface area contributed by atoms with Crippen molar-refractivity contribution in [2.75, 3.05) is 19.7 Å². The highest BCUT2D eigenvalue weighted by Gasteiger charge is 2.09. The van der Waals surface area contributed by atoms with E-state index in [2.05, 4.69) is 11.8 Å². The fourth-order valence-electron chi connectivity index (χ4n) is 2.60. The fraction of sp³-hybridized carbons (Fsp3) is 0.684. The summed E-state index contributed by atoms with van der Waals surface area (Å²) in [7, 11) is 0. The number of rotatable bonds is 10. The zero-order valence-corrected chi connectivity index (χ0v) is 14.4. The minimum atomic E-state index is -0.510. The predicted molar refractivity (Wildman–Crippen MR) is 92.6 cm³/mol. The molecule has 0 radical (unpaired) electrons. The summed E-state index contributed by atoms with van der Waals surface area (Å²) < 4.78 is 5.17. The van der Waals surface area contributed by atoms with Crippen LogP contribution in [-0.4, -0.2) is 30.6 Å². The Bertz CT molecular complexity index is 429. The van der Waals surface area contributed by atoms with E-state index in [9.17, 15) is 4.79 Å². The van der Waals surface area contributed by atoms with Crippen molar-refractivity contribution in [2.45, 2.75) is 64.7 Å². The first-order chi connectivity index (χ1) is 11.3. The maximum Gasteiger partial charge on any atom is 0.348 e. The van der Waals surface area contributed by atoms with Crippen LogP contribution >= 0.6 is 0 Å². The van der Waals surface area contributed by atoms with Crippen LogP contribution in [0.2, 0.25) is 0 Å². The lowest BCUT2D eigenvalue weighted by atomic mass is 10.1. The molecule has 1 aliphatic heterocycles. The van der Waals surface area contributed by atoms with E-state index in [4.69, 9.17) is 10.00 Å². The van der Waals surface area contributed by atoms with Gasteiger partial charge in [-0.15, -0.1) is 0 Å². The number of nitrogens with zero attached hydrogens (tertiary/aromatic N) is 2. The van der Waals surface area contributed by atoms with Crippen LogP contribution in [0.1, 0.15) is 64.7 Å². The Morgan fingerprint density at radius 2 is 1.83 bits per heavy atom. The number of hydrogen-bond acceptors (Lipinski definition) is 4. The first kappa shape index (κ1) is 19.3. The molecule has 0 aromatic rings. The number of nitriles is 1. The van der Waals surface area contributed by atoms with E-state index in [0.717, 1.165) is 25.9 Å². The van der Waals surface area contributed by atoms with Crippen molar-refractivity contribution in [3.05, 3.63) is 23.9 Å². The van der Waals surface area contributed by atoms with E-state index >= 15 is 0 Å².